The van der Waals surface area contributed by atoms with Crippen LogP contribution in [0.4, 0.5) is 4.39 Å². The first kappa shape index (κ1) is 43.4. The fourth-order valence-corrected chi connectivity index (χ4v) is 5.57. The van der Waals surface area contributed by atoms with E-state index in [9.17, 15) is 42.7 Å². The van der Waals surface area contributed by atoms with Crippen molar-refractivity contribution in [3.05, 3.63) is 28.8 Å². The van der Waals surface area contributed by atoms with E-state index < -0.39 is 139 Å². The summed E-state index contributed by atoms with van der Waals surface area (Å²) in [6, 6.07) is 0. The number of esters is 7. The van der Waals surface area contributed by atoms with Crippen molar-refractivity contribution in [3.8, 4) is 0 Å². The summed E-state index contributed by atoms with van der Waals surface area (Å²) in [5.41, 5.74) is -0.663. The summed E-state index contributed by atoms with van der Waals surface area (Å²) in [5.74, 6) is -8.83. The summed E-state index contributed by atoms with van der Waals surface area (Å²) in [5, 5.41) is 1.80. The first-order valence-electron chi connectivity index (χ1n) is 16.0. The van der Waals surface area contributed by atoms with Crippen LogP contribution >= 0.6 is 11.6 Å². The van der Waals surface area contributed by atoms with Crippen LogP contribution in [0.15, 0.2) is 12.4 Å². The largest absolute Gasteiger partial charge is 0.463 e. The molecule has 0 saturated carbocycles. The van der Waals surface area contributed by atoms with Crippen molar-refractivity contribution in [2.24, 2.45) is 0 Å². The topological polar surface area (TPSA) is 254 Å². The number of carbonyl (C=O) groups is 8. The van der Waals surface area contributed by atoms with Crippen molar-refractivity contribution in [1.82, 2.24) is 10.3 Å². The molecule has 2 aliphatic rings. The number of amides is 1. The molecule has 10 atom stereocenters. The molecule has 3 rings (SSSR count). The van der Waals surface area contributed by atoms with Crippen LogP contribution in [0.1, 0.15) is 58.8 Å². The third-order valence-corrected chi connectivity index (χ3v) is 7.55. The van der Waals surface area contributed by atoms with E-state index in [0.717, 1.165) is 60.9 Å². The van der Waals surface area contributed by atoms with Gasteiger partial charge in [-0.1, -0.05) is 11.6 Å². The van der Waals surface area contributed by atoms with Gasteiger partial charge in [0.15, 0.2) is 48.9 Å². The Kier molecular flexibility index (Phi) is 15.6. The highest BCUT2D eigenvalue weighted by Gasteiger charge is 2.57. The molecule has 1 aromatic rings. The smallest absolute Gasteiger partial charge is 0.303 e. The molecule has 0 bridgehead atoms. The Labute approximate surface area is 311 Å². The van der Waals surface area contributed by atoms with Gasteiger partial charge in [0.05, 0.1) is 10.6 Å². The van der Waals surface area contributed by atoms with Gasteiger partial charge in [0, 0.05) is 60.9 Å². The minimum Gasteiger partial charge on any atom is -0.463 e. The van der Waals surface area contributed by atoms with Crippen molar-refractivity contribution >= 4 is 59.3 Å². The van der Waals surface area contributed by atoms with Crippen LogP contribution < -0.4 is 5.32 Å². The van der Waals surface area contributed by atoms with Gasteiger partial charge in [-0.15, -0.1) is 0 Å². The van der Waals surface area contributed by atoms with Gasteiger partial charge >= 0.3 is 41.8 Å². The maximum absolute atomic E-state index is 14.8. The molecule has 20 nitrogen and oxygen atoms in total. The molecule has 298 valence electrons. The van der Waals surface area contributed by atoms with Gasteiger partial charge in [0.25, 0.3) is 5.91 Å². The lowest BCUT2D eigenvalue weighted by atomic mass is 9.95. The molecular formula is C32H38ClFN2O18. The van der Waals surface area contributed by atoms with Crippen LogP contribution in [0, 0.1) is 5.82 Å². The Morgan fingerprint density at radius 1 is 0.630 bits per heavy atom. The monoisotopic (exact) mass is 792 g/mol. The number of hydrogen-bond donors (Lipinski definition) is 1. The van der Waals surface area contributed by atoms with E-state index in [1.54, 1.807) is 0 Å². The Hall–Kier alpha value is -4.99. The van der Waals surface area contributed by atoms with E-state index >= 15 is 0 Å². The van der Waals surface area contributed by atoms with Gasteiger partial charge in [-0.25, -0.2) is 4.39 Å². The number of carbonyl (C=O) groups excluding carboxylic acids is 8. The summed E-state index contributed by atoms with van der Waals surface area (Å²) in [7, 11) is 0. The van der Waals surface area contributed by atoms with Crippen LogP contribution in [0.25, 0.3) is 0 Å². The fourth-order valence-electron chi connectivity index (χ4n) is 5.41. The normalized spacial score (nSPS) is 27.6. The number of pyridine rings is 1. The summed E-state index contributed by atoms with van der Waals surface area (Å²) in [6.07, 6.45) is -15.4. The molecule has 0 aromatic carbocycles. The Balaban J connectivity index is 2.18. The number of halogens is 2. The zero-order valence-electron chi connectivity index (χ0n) is 29.9. The fraction of sp³-hybridized carbons (Fsp3) is 0.594. The standard InChI is InChI=1S/C32H38ClFN2O18/c1-12(37)45-10-21-25(26(48-15(4)40)28(50-17(6)42)31(52-21)36-30(44)19-8-35-9-20(33)23(19)34)54-32-29(51-18(7)43)27(49-16(5)41)24(47-14(3)39)22(53-32)11-46-13(2)38/h8-9,21-22,24-29,31-32H,10-11H2,1-7H3,(H,36,44)/t21-,22-,24-,25-,26+,27+,28-,29-,31-,32+/m1/s1. The molecule has 0 spiro atoms. The van der Waals surface area contributed by atoms with E-state index in [1.807, 2.05) is 0 Å². The van der Waals surface area contributed by atoms with E-state index in [2.05, 4.69) is 10.3 Å². The van der Waals surface area contributed by atoms with Crippen molar-refractivity contribution < 1.29 is 90.1 Å². The molecule has 3 heterocycles. The van der Waals surface area contributed by atoms with Gasteiger partial charge < -0.3 is 52.7 Å². The first-order chi connectivity index (χ1) is 25.3. The second-order valence-electron chi connectivity index (χ2n) is 11.7. The van der Waals surface area contributed by atoms with Crippen molar-refractivity contribution in [1.29, 1.82) is 0 Å². The minimum atomic E-state index is -1.91. The van der Waals surface area contributed by atoms with Gasteiger partial charge in [0.1, 0.15) is 31.5 Å². The molecule has 2 saturated heterocycles. The number of nitrogens with one attached hydrogen (secondary N) is 1. The maximum atomic E-state index is 14.8. The molecule has 1 amide bonds. The summed E-state index contributed by atoms with van der Waals surface area (Å²) >= 11 is 5.78. The van der Waals surface area contributed by atoms with E-state index in [1.165, 1.54) is 0 Å². The number of aromatic nitrogens is 1. The number of ether oxygens (including phenoxy) is 10. The lowest BCUT2D eigenvalue weighted by molar-refractivity contribution is -0.345. The lowest BCUT2D eigenvalue weighted by Gasteiger charge is -2.48. The highest BCUT2D eigenvalue weighted by atomic mass is 35.5. The second kappa shape index (κ2) is 19.4. The zero-order chi connectivity index (χ0) is 40.4. The van der Waals surface area contributed by atoms with Crippen molar-refractivity contribution in [2.75, 3.05) is 13.2 Å². The molecular weight excluding hydrogens is 755 g/mol. The minimum absolute atomic E-state index is 0.507. The van der Waals surface area contributed by atoms with Crippen molar-refractivity contribution in [3.63, 3.8) is 0 Å². The average molecular weight is 793 g/mol. The Bertz CT molecular complexity index is 1610. The maximum Gasteiger partial charge on any atom is 0.303 e. The van der Waals surface area contributed by atoms with Gasteiger partial charge in [-0.2, -0.15) is 0 Å². The molecule has 2 aliphatic heterocycles. The molecule has 1 N–H and O–H groups in total. The summed E-state index contributed by atoms with van der Waals surface area (Å²) in [4.78, 5) is 103. The Morgan fingerprint density at radius 3 is 1.57 bits per heavy atom. The molecule has 22 heteroatoms. The lowest BCUT2D eigenvalue weighted by Crippen LogP contribution is -2.68. The molecule has 1 aromatic heterocycles. The summed E-state index contributed by atoms with van der Waals surface area (Å²) in [6.45, 7) is 5.67. The average Bonchev–Trinajstić information content (AvgIpc) is 3.04. The predicted molar refractivity (Wildman–Crippen MR) is 170 cm³/mol. The van der Waals surface area contributed by atoms with E-state index in [4.69, 9.17) is 59.0 Å². The number of hydrogen-bond acceptors (Lipinski definition) is 19. The van der Waals surface area contributed by atoms with Crippen LogP contribution in [-0.2, 0) is 80.9 Å². The van der Waals surface area contributed by atoms with E-state index in [-0.39, 0.29) is 0 Å². The molecule has 0 unspecified atom stereocenters. The number of rotatable bonds is 13. The van der Waals surface area contributed by atoms with E-state index in [0.29, 0.717) is 0 Å². The number of nitrogens with zero attached hydrogens (tertiary/aromatic N) is 1. The third kappa shape index (κ3) is 12.0. The molecule has 0 radical (unpaired) electrons. The highest BCUT2D eigenvalue weighted by molar-refractivity contribution is 6.31. The van der Waals surface area contributed by atoms with Crippen LogP contribution in [0.5, 0.6) is 0 Å². The molecule has 54 heavy (non-hydrogen) atoms. The molecule has 0 aliphatic carbocycles. The quantitative estimate of drug-likeness (QED) is 0.207. The predicted octanol–water partition coefficient (Wildman–Crippen LogP) is 0.224. The SMILES string of the molecule is CC(=O)OC[C@H]1O[C@@H](NC(=O)c2cncc(Cl)c2F)[C@H](OC(C)=O)[C@@H](OC(C)=O)[C@@H]1O[C@@H]1O[C@H](COC(C)=O)[C@@H](OC(C)=O)[C@H](OC(C)=O)[C@H]1OC(C)=O. The van der Waals surface area contributed by atoms with Crippen LogP contribution in [0.2, 0.25) is 5.02 Å². The van der Waals surface area contributed by atoms with Gasteiger partial charge in [-0.3, -0.25) is 43.3 Å². The van der Waals surface area contributed by atoms with Crippen LogP contribution in [0.3, 0.4) is 0 Å². The second-order valence-corrected chi connectivity index (χ2v) is 12.1. The third-order valence-electron chi connectivity index (χ3n) is 7.28. The van der Waals surface area contributed by atoms with Gasteiger partial charge in [-0.05, 0) is 0 Å². The molecule has 2 fully saturated rings. The zero-order valence-corrected chi connectivity index (χ0v) is 30.6. The van der Waals surface area contributed by atoms with Crippen molar-refractivity contribution in [2.45, 2.75) is 110 Å². The van der Waals surface area contributed by atoms with Gasteiger partial charge in [0.2, 0.25) is 0 Å². The highest BCUT2D eigenvalue weighted by Crippen LogP contribution is 2.35. The Morgan fingerprint density at radius 2 is 1.07 bits per heavy atom. The summed E-state index contributed by atoms with van der Waals surface area (Å²) < 4.78 is 70.4. The van der Waals surface area contributed by atoms with Crippen LogP contribution in [-0.4, -0.2) is 127 Å². The first-order valence-corrected chi connectivity index (χ1v) is 16.4.